The van der Waals surface area contributed by atoms with Crippen LogP contribution in [0.4, 0.5) is 0 Å². The van der Waals surface area contributed by atoms with E-state index >= 15 is 0 Å². The Kier molecular flexibility index (Phi) is 5.85. The highest BCUT2D eigenvalue weighted by atomic mass is 16.7. The summed E-state index contributed by atoms with van der Waals surface area (Å²) in [5, 5.41) is 4.39. The number of methoxy groups -OCH3 is 1. The lowest BCUT2D eigenvalue weighted by Gasteiger charge is -2.26. The molecule has 0 unspecified atom stereocenters. The van der Waals surface area contributed by atoms with Crippen molar-refractivity contribution in [1.29, 1.82) is 0 Å². The molecular weight excluding hydrogens is 398 g/mol. The standard InChI is InChI=1S/C22H25N5O4/c1-14(2)26(9-10-29-4)21(28)17-12-24-27(15(17)3)22-23-8-7-18(25-22)16-5-6-19-20(11-16)31-13-30-19/h5-8,11-12,14H,9-10,13H2,1-4H3. The number of nitrogens with zero attached hydrogens (tertiary/aromatic N) is 5. The summed E-state index contributed by atoms with van der Waals surface area (Å²) in [6, 6.07) is 7.51. The van der Waals surface area contributed by atoms with Gasteiger partial charge in [-0.05, 0) is 45.0 Å². The van der Waals surface area contributed by atoms with Crippen molar-refractivity contribution >= 4 is 5.91 Å². The number of ether oxygens (including phenoxy) is 3. The van der Waals surface area contributed by atoms with E-state index < -0.39 is 0 Å². The first-order valence-electron chi connectivity index (χ1n) is 10.1. The molecule has 0 saturated heterocycles. The molecule has 1 aliphatic heterocycles. The van der Waals surface area contributed by atoms with Crippen LogP contribution in [0.2, 0.25) is 0 Å². The molecule has 0 fully saturated rings. The highest BCUT2D eigenvalue weighted by Crippen LogP contribution is 2.35. The van der Waals surface area contributed by atoms with E-state index in [1.165, 1.54) is 0 Å². The maximum Gasteiger partial charge on any atom is 0.257 e. The van der Waals surface area contributed by atoms with Crippen LogP contribution in [0, 0.1) is 6.92 Å². The Morgan fingerprint density at radius 1 is 1.26 bits per heavy atom. The van der Waals surface area contributed by atoms with Gasteiger partial charge in [0, 0.05) is 31.5 Å². The molecule has 0 saturated carbocycles. The van der Waals surface area contributed by atoms with Gasteiger partial charge in [0.1, 0.15) is 0 Å². The molecule has 2 aromatic heterocycles. The predicted octanol–water partition coefficient (Wildman–Crippen LogP) is 2.86. The SMILES string of the molecule is COCCN(C(=O)c1cnn(-c2nccc(-c3ccc4c(c3)OCO4)n2)c1C)C(C)C. The minimum atomic E-state index is -0.0947. The third-order valence-electron chi connectivity index (χ3n) is 5.16. The fraction of sp³-hybridized carbons (Fsp3) is 0.364. The van der Waals surface area contributed by atoms with Crippen LogP contribution < -0.4 is 9.47 Å². The van der Waals surface area contributed by atoms with Crippen LogP contribution >= 0.6 is 0 Å². The van der Waals surface area contributed by atoms with Gasteiger partial charge in [0.25, 0.3) is 11.9 Å². The van der Waals surface area contributed by atoms with Crippen LogP contribution in [0.1, 0.15) is 29.9 Å². The van der Waals surface area contributed by atoms with Gasteiger partial charge in [0.2, 0.25) is 6.79 Å². The molecule has 1 aliphatic rings. The molecule has 9 nitrogen and oxygen atoms in total. The molecule has 9 heteroatoms. The molecule has 4 rings (SSSR count). The maximum absolute atomic E-state index is 13.1. The van der Waals surface area contributed by atoms with E-state index in [0.717, 1.165) is 11.3 Å². The van der Waals surface area contributed by atoms with Crippen LogP contribution in [0.3, 0.4) is 0 Å². The van der Waals surface area contributed by atoms with Gasteiger partial charge in [-0.25, -0.2) is 14.6 Å². The van der Waals surface area contributed by atoms with E-state index in [0.29, 0.717) is 41.9 Å². The molecule has 0 spiro atoms. The number of carbonyl (C=O) groups is 1. The van der Waals surface area contributed by atoms with E-state index in [2.05, 4.69) is 15.1 Å². The number of hydrogen-bond donors (Lipinski definition) is 0. The van der Waals surface area contributed by atoms with Gasteiger partial charge in [-0.15, -0.1) is 0 Å². The van der Waals surface area contributed by atoms with Crippen molar-refractivity contribution in [1.82, 2.24) is 24.6 Å². The molecule has 162 valence electrons. The van der Waals surface area contributed by atoms with E-state index in [1.807, 2.05) is 45.0 Å². The molecule has 0 atom stereocenters. The largest absolute Gasteiger partial charge is 0.454 e. The fourth-order valence-corrected chi connectivity index (χ4v) is 3.43. The Balaban J connectivity index is 1.63. The molecule has 0 aliphatic carbocycles. The second-order valence-electron chi connectivity index (χ2n) is 7.45. The number of hydrogen-bond acceptors (Lipinski definition) is 7. The lowest BCUT2D eigenvalue weighted by molar-refractivity contribution is 0.0634. The number of aromatic nitrogens is 4. The number of fused-ring (bicyclic) bond motifs is 1. The predicted molar refractivity (Wildman–Crippen MR) is 113 cm³/mol. The quantitative estimate of drug-likeness (QED) is 0.577. The van der Waals surface area contributed by atoms with Gasteiger partial charge in [0.05, 0.1) is 29.8 Å². The second kappa shape index (κ2) is 8.73. The van der Waals surface area contributed by atoms with Crippen molar-refractivity contribution in [2.24, 2.45) is 0 Å². The zero-order chi connectivity index (χ0) is 22.0. The molecule has 1 aromatic carbocycles. The van der Waals surface area contributed by atoms with Gasteiger partial charge >= 0.3 is 0 Å². The Bertz CT molecular complexity index is 1100. The number of carbonyl (C=O) groups excluding carboxylic acids is 1. The van der Waals surface area contributed by atoms with Crippen molar-refractivity contribution in [2.45, 2.75) is 26.8 Å². The Morgan fingerprint density at radius 3 is 2.84 bits per heavy atom. The van der Waals surface area contributed by atoms with E-state index in [1.54, 1.807) is 29.1 Å². The van der Waals surface area contributed by atoms with Crippen molar-refractivity contribution in [3.05, 3.63) is 47.9 Å². The van der Waals surface area contributed by atoms with Crippen molar-refractivity contribution in [3.8, 4) is 28.7 Å². The third-order valence-corrected chi connectivity index (χ3v) is 5.16. The van der Waals surface area contributed by atoms with Crippen LogP contribution in [0.15, 0.2) is 36.7 Å². The summed E-state index contributed by atoms with van der Waals surface area (Å²) < 4.78 is 17.6. The average Bonchev–Trinajstić information content (AvgIpc) is 3.39. The molecule has 0 radical (unpaired) electrons. The van der Waals surface area contributed by atoms with E-state index in [4.69, 9.17) is 14.2 Å². The maximum atomic E-state index is 13.1. The monoisotopic (exact) mass is 423 g/mol. The Hall–Kier alpha value is -3.46. The lowest BCUT2D eigenvalue weighted by Crippen LogP contribution is -2.39. The van der Waals surface area contributed by atoms with E-state index in [-0.39, 0.29) is 18.7 Å². The molecule has 1 amide bonds. The molecule has 3 heterocycles. The number of amides is 1. The van der Waals surface area contributed by atoms with E-state index in [9.17, 15) is 4.79 Å². The first kappa shape index (κ1) is 20.8. The number of rotatable bonds is 7. The van der Waals surface area contributed by atoms with Gasteiger partial charge in [-0.1, -0.05) is 0 Å². The summed E-state index contributed by atoms with van der Waals surface area (Å²) in [5.74, 6) is 1.69. The van der Waals surface area contributed by atoms with Crippen LogP contribution in [-0.4, -0.2) is 63.7 Å². The second-order valence-corrected chi connectivity index (χ2v) is 7.45. The Morgan fingerprint density at radius 2 is 2.06 bits per heavy atom. The molecule has 0 N–H and O–H groups in total. The Labute approximate surface area is 180 Å². The average molecular weight is 423 g/mol. The zero-order valence-electron chi connectivity index (χ0n) is 18.0. The van der Waals surface area contributed by atoms with Crippen molar-refractivity contribution in [3.63, 3.8) is 0 Å². The van der Waals surface area contributed by atoms with Crippen LogP contribution in [0.5, 0.6) is 11.5 Å². The molecular formula is C22H25N5O4. The zero-order valence-corrected chi connectivity index (χ0v) is 18.0. The third kappa shape index (κ3) is 4.09. The summed E-state index contributed by atoms with van der Waals surface area (Å²) in [7, 11) is 1.62. The minimum absolute atomic E-state index is 0.0379. The number of benzene rings is 1. The first-order valence-corrected chi connectivity index (χ1v) is 10.1. The highest BCUT2D eigenvalue weighted by molar-refractivity contribution is 5.95. The van der Waals surface area contributed by atoms with Gasteiger partial charge < -0.3 is 19.1 Å². The molecule has 31 heavy (non-hydrogen) atoms. The first-order chi connectivity index (χ1) is 15.0. The molecule has 0 bridgehead atoms. The fourth-order valence-electron chi connectivity index (χ4n) is 3.43. The van der Waals surface area contributed by atoms with Gasteiger partial charge in [0.15, 0.2) is 11.5 Å². The van der Waals surface area contributed by atoms with Crippen molar-refractivity contribution < 1.29 is 19.0 Å². The smallest absolute Gasteiger partial charge is 0.257 e. The summed E-state index contributed by atoms with van der Waals surface area (Å²) in [4.78, 5) is 23.9. The lowest BCUT2D eigenvalue weighted by atomic mass is 10.1. The van der Waals surface area contributed by atoms with Gasteiger partial charge in [-0.2, -0.15) is 5.10 Å². The summed E-state index contributed by atoms with van der Waals surface area (Å²) in [6.45, 7) is 6.99. The molecule has 3 aromatic rings. The van der Waals surface area contributed by atoms with Crippen molar-refractivity contribution in [2.75, 3.05) is 27.1 Å². The topological polar surface area (TPSA) is 91.6 Å². The summed E-state index contributed by atoms with van der Waals surface area (Å²) in [6.07, 6.45) is 3.24. The minimum Gasteiger partial charge on any atom is -0.454 e. The normalized spacial score (nSPS) is 12.4. The van der Waals surface area contributed by atoms with Crippen LogP contribution in [0.25, 0.3) is 17.2 Å². The van der Waals surface area contributed by atoms with Crippen LogP contribution in [-0.2, 0) is 4.74 Å². The highest BCUT2D eigenvalue weighted by Gasteiger charge is 2.24. The summed E-state index contributed by atoms with van der Waals surface area (Å²) >= 11 is 0. The summed E-state index contributed by atoms with van der Waals surface area (Å²) in [5.41, 5.74) is 2.78. The van der Waals surface area contributed by atoms with Gasteiger partial charge in [-0.3, -0.25) is 4.79 Å².